The molecule has 1 aromatic carbocycles. The molecule has 5 unspecified atom stereocenters. The van der Waals surface area contributed by atoms with Gasteiger partial charge in [-0.3, -0.25) is 4.79 Å². The molecule has 24 heavy (non-hydrogen) atoms. The molecule has 1 aliphatic rings. The molecule has 1 aliphatic heterocycles. The molecule has 5 atom stereocenters. The SMILES string of the molecule is NC(=O)C=Cc1ccc(OC2OC(CO)C(O)C(O)C2O)c(O)c1. The number of hydrogen-bond donors (Lipinski definition) is 6. The average molecular weight is 341 g/mol. The number of amides is 1. The Morgan fingerprint density at radius 3 is 2.54 bits per heavy atom. The Morgan fingerprint density at radius 2 is 1.96 bits per heavy atom. The van der Waals surface area contributed by atoms with E-state index in [-0.39, 0.29) is 11.5 Å². The lowest BCUT2D eigenvalue weighted by Crippen LogP contribution is -2.60. The van der Waals surface area contributed by atoms with Crippen molar-refractivity contribution in [3.63, 3.8) is 0 Å². The zero-order valence-corrected chi connectivity index (χ0v) is 12.5. The molecule has 1 amide bonds. The third-order valence-electron chi connectivity index (χ3n) is 3.51. The van der Waals surface area contributed by atoms with Gasteiger partial charge in [-0.25, -0.2) is 0 Å². The van der Waals surface area contributed by atoms with E-state index in [1.807, 2.05) is 0 Å². The summed E-state index contributed by atoms with van der Waals surface area (Å²) in [6, 6.07) is 4.16. The number of rotatable bonds is 5. The number of ether oxygens (including phenoxy) is 2. The van der Waals surface area contributed by atoms with Crippen LogP contribution >= 0.6 is 0 Å². The van der Waals surface area contributed by atoms with Gasteiger partial charge in [0.1, 0.15) is 24.4 Å². The Labute approximate surface area is 137 Å². The fourth-order valence-corrected chi connectivity index (χ4v) is 2.21. The molecule has 0 aliphatic carbocycles. The Morgan fingerprint density at radius 1 is 1.25 bits per heavy atom. The lowest BCUT2D eigenvalue weighted by Gasteiger charge is -2.39. The summed E-state index contributed by atoms with van der Waals surface area (Å²) in [6.45, 7) is -0.590. The Hall–Kier alpha value is -2.17. The normalized spacial score (nSPS) is 30.4. The third-order valence-corrected chi connectivity index (χ3v) is 3.51. The van der Waals surface area contributed by atoms with Crippen LogP contribution < -0.4 is 10.5 Å². The third kappa shape index (κ3) is 4.02. The summed E-state index contributed by atoms with van der Waals surface area (Å²) in [4.78, 5) is 10.7. The quantitative estimate of drug-likeness (QED) is 0.337. The van der Waals surface area contributed by atoms with Gasteiger partial charge in [0.05, 0.1) is 6.61 Å². The molecule has 1 saturated heterocycles. The van der Waals surface area contributed by atoms with Gasteiger partial charge in [0.25, 0.3) is 0 Å². The maximum Gasteiger partial charge on any atom is 0.241 e. The fourth-order valence-electron chi connectivity index (χ4n) is 2.21. The fraction of sp³-hybridized carbons (Fsp3) is 0.400. The lowest BCUT2D eigenvalue weighted by atomic mass is 9.99. The van der Waals surface area contributed by atoms with Gasteiger partial charge < -0.3 is 40.7 Å². The number of benzene rings is 1. The zero-order chi connectivity index (χ0) is 17.9. The van der Waals surface area contributed by atoms with Crippen molar-refractivity contribution in [3.8, 4) is 11.5 Å². The lowest BCUT2D eigenvalue weighted by molar-refractivity contribution is -0.277. The van der Waals surface area contributed by atoms with Gasteiger partial charge in [-0.1, -0.05) is 6.07 Å². The molecule has 7 N–H and O–H groups in total. The van der Waals surface area contributed by atoms with Crippen LogP contribution in [0.1, 0.15) is 5.56 Å². The molecule has 1 aromatic rings. The molecule has 0 spiro atoms. The second kappa shape index (κ2) is 7.60. The summed E-state index contributed by atoms with van der Waals surface area (Å²) in [7, 11) is 0. The highest BCUT2D eigenvalue weighted by molar-refractivity contribution is 5.90. The van der Waals surface area contributed by atoms with E-state index in [2.05, 4.69) is 0 Å². The Kier molecular flexibility index (Phi) is 5.75. The van der Waals surface area contributed by atoms with Crippen LogP contribution in [0.2, 0.25) is 0 Å². The molecular weight excluding hydrogens is 322 g/mol. The smallest absolute Gasteiger partial charge is 0.241 e. The van der Waals surface area contributed by atoms with Crippen molar-refractivity contribution in [1.82, 2.24) is 0 Å². The predicted molar refractivity (Wildman–Crippen MR) is 80.7 cm³/mol. The second-order valence-electron chi connectivity index (χ2n) is 5.28. The van der Waals surface area contributed by atoms with Gasteiger partial charge in [0.2, 0.25) is 12.2 Å². The number of nitrogens with two attached hydrogens (primary N) is 1. The van der Waals surface area contributed by atoms with Crippen molar-refractivity contribution in [2.75, 3.05) is 6.61 Å². The highest BCUT2D eigenvalue weighted by Crippen LogP contribution is 2.31. The number of phenols is 1. The summed E-state index contributed by atoms with van der Waals surface area (Å²) in [5.41, 5.74) is 5.45. The highest BCUT2D eigenvalue weighted by atomic mass is 16.7. The number of aliphatic hydroxyl groups is 4. The summed E-state index contributed by atoms with van der Waals surface area (Å²) in [6.07, 6.45) is -4.68. The van der Waals surface area contributed by atoms with Crippen LogP contribution in [-0.4, -0.2) is 68.8 Å². The summed E-state index contributed by atoms with van der Waals surface area (Å²) in [5.74, 6) is -1.01. The van der Waals surface area contributed by atoms with E-state index in [0.29, 0.717) is 5.56 Å². The Bertz CT molecular complexity index is 617. The number of aromatic hydroxyl groups is 1. The molecule has 1 fully saturated rings. The van der Waals surface area contributed by atoms with E-state index in [1.54, 1.807) is 0 Å². The first-order valence-corrected chi connectivity index (χ1v) is 7.11. The molecule has 9 heteroatoms. The van der Waals surface area contributed by atoms with E-state index in [4.69, 9.17) is 20.3 Å². The number of carbonyl (C=O) groups is 1. The van der Waals surface area contributed by atoms with Crippen molar-refractivity contribution in [3.05, 3.63) is 29.8 Å². The predicted octanol–water partition coefficient (Wildman–Crippen LogP) is -1.93. The Balaban J connectivity index is 2.13. The minimum atomic E-state index is -1.59. The first kappa shape index (κ1) is 18.2. The largest absolute Gasteiger partial charge is 0.504 e. The van der Waals surface area contributed by atoms with Crippen molar-refractivity contribution >= 4 is 12.0 Å². The van der Waals surface area contributed by atoms with Crippen molar-refractivity contribution in [2.24, 2.45) is 5.73 Å². The molecule has 0 radical (unpaired) electrons. The maximum absolute atomic E-state index is 10.7. The number of hydrogen-bond acceptors (Lipinski definition) is 8. The van der Waals surface area contributed by atoms with E-state index in [9.17, 15) is 25.2 Å². The molecule has 2 rings (SSSR count). The number of phenolic OH excluding ortho intramolecular Hbond substituents is 1. The van der Waals surface area contributed by atoms with E-state index in [1.165, 1.54) is 24.3 Å². The molecule has 9 nitrogen and oxygen atoms in total. The van der Waals surface area contributed by atoms with Gasteiger partial charge in [-0.15, -0.1) is 0 Å². The van der Waals surface area contributed by atoms with E-state index < -0.39 is 43.2 Å². The molecule has 0 aromatic heterocycles. The second-order valence-corrected chi connectivity index (χ2v) is 5.28. The number of aliphatic hydroxyl groups excluding tert-OH is 4. The van der Waals surface area contributed by atoms with Gasteiger partial charge in [0, 0.05) is 6.08 Å². The summed E-state index contributed by atoms with van der Waals surface area (Å²) >= 11 is 0. The van der Waals surface area contributed by atoms with Gasteiger partial charge in [-0.05, 0) is 23.8 Å². The van der Waals surface area contributed by atoms with Crippen molar-refractivity contribution < 1.29 is 39.8 Å². The van der Waals surface area contributed by atoms with Crippen LogP contribution in [0.25, 0.3) is 6.08 Å². The minimum Gasteiger partial charge on any atom is -0.504 e. The summed E-state index contributed by atoms with van der Waals surface area (Å²) < 4.78 is 10.5. The molecule has 1 heterocycles. The molecule has 0 bridgehead atoms. The standard InChI is InChI=1S/C15H19NO8/c16-11(19)4-2-7-1-3-9(8(18)5-7)23-15-14(22)13(21)12(20)10(6-17)24-15/h1-5,10,12-15,17-18,20-22H,6H2,(H2,16,19). The van der Waals surface area contributed by atoms with Crippen LogP contribution in [0.5, 0.6) is 11.5 Å². The topological polar surface area (TPSA) is 163 Å². The van der Waals surface area contributed by atoms with Gasteiger partial charge >= 0.3 is 0 Å². The van der Waals surface area contributed by atoms with Crippen molar-refractivity contribution in [2.45, 2.75) is 30.7 Å². The van der Waals surface area contributed by atoms with Crippen LogP contribution in [0, 0.1) is 0 Å². The van der Waals surface area contributed by atoms with Gasteiger partial charge in [0.15, 0.2) is 11.5 Å². The van der Waals surface area contributed by atoms with Crippen molar-refractivity contribution in [1.29, 1.82) is 0 Å². The average Bonchev–Trinajstić information content (AvgIpc) is 2.55. The summed E-state index contributed by atoms with van der Waals surface area (Å²) in [5, 5.41) is 48.3. The maximum atomic E-state index is 10.7. The molecule has 132 valence electrons. The van der Waals surface area contributed by atoms with Gasteiger partial charge in [-0.2, -0.15) is 0 Å². The monoisotopic (exact) mass is 341 g/mol. The van der Waals surface area contributed by atoms with Crippen LogP contribution in [-0.2, 0) is 9.53 Å². The highest BCUT2D eigenvalue weighted by Gasteiger charge is 2.44. The number of primary amides is 1. The van der Waals surface area contributed by atoms with Crippen LogP contribution in [0.3, 0.4) is 0 Å². The molecule has 0 saturated carbocycles. The van der Waals surface area contributed by atoms with E-state index >= 15 is 0 Å². The van der Waals surface area contributed by atoms with Crippen LogP contribution in [0.4, 0.5) is 0 Å². The first-order valence-electron chi connectivity index (χ1n) is 7.11. The zero-order valence-electron chi connectivity index (χ0n) is 12.5. The number of carbonyl (C=O) groups excluding carboxylic acids is 1. The first-order chi connectivity index (χ1) is 11.3. The minimum absolute atomic E-state index is 0.0597. The van der Waals surface area contributed by atoms with Crippen LogP contribution in [0.15, 0.2) is 24.3 Å². The molecular formula is C15H19NO8. The van der Waals surface area contributed by atoms with E-state index in [0.717, 1.165) is 6.08 Å².